The van der Waals surface area contributed by atoms with Crippen molar-refractivity contribution in [2.24, 2.45) is 0 Å². The first-order chi connectivity index (χ1) is 9.49. The fraction of sp³-hybridized carbons (Fsp3) is 0.267. The highest BCUT2D eigenvalue weighted by atomic mass is 35.5. The van der Waals surface area contributed by atoms with Crippen LogP contribution in [0.2, 0.25) is 5.02 Å². The smallest absolute Gasteiger partial charge is 0.204 e. The van der Waals surface area contributed by atoms with Gasteiger partial charge < -0.3 is 9.47 Å². The summed E-state index contributed by atoms with van der Waals surface area (Å²) in [5, 5.41) is 2.40. The number of aryl methyl sites for hydroxylation is 2. The number of halogens is 1. The first-order valence-corrected chi connectivity index (χ1v) is 7.26. The number of rotatable bonds is 4. The second-order valence-electron chi connectivity index (χ2n) is 4.41. The van der Waals surface area contributed by atoms with E-state index in [9.17, 15) is 4.79 Å². The van der Waals surface area contributed by atoms with E-state index < -0.39 is 0 Å². The molecule has 3 nitrogen and oxygen atoms in total. The molecule has 0 amide bonds. The molecule has 106 valence electrons. The fourth-order valence-electron chi connectivity index (χ4n) is 1.93. The van der Waals surface area contributed by atoms with E-state index in [-0.39, 0.29) is 5.78 Å². The maximum atomic E-state index is 12.6. The van der Waals surface area contributed by atoms with Crippen LogP contribution in [0, 0.1) is 13.8 Å². The molecule has 1 heterocycles. The highest BCUT2D eigenvalue weighted by Crippen LogP contribution is 2.34. The number of ketones is 1. The Morgan fingerprint density at radius 1 is 1.10 bits per heavy atom. The van der Waals surface area contributed by atoms with Gasteiger partial charge in [-0.3, -0.25) is 4.79 Å². The maximum Gasteiger partial charge on any atom is 0.204 e. The zero-order chi connectivity index (χ0) is 14.9. The SMILES string of the molecule is COc1cc(C)c(C(=O)c2scc(C)c2Cl)cc1OC. The van der Waals surface area contributed by atoms with Crippen LogP contribution in [0.25, 0.3) is 0 Å². The van der Waals surface area contributed by atoms with Gasteiger partial charge in [-0.25, -0.2) is 0 Å². The Kier molecular flexibility index (Phi) is 4.35. The van der Waals surface area contributed by atoms with Gasteiger partial charge in [0.15, 0.2) is 11.5 Å². The molecule has 1 aromatic heterocycles. The number of benzene rings is 1. The molecule has 2 aromatic rings. The summed E-state index contributed by atoms with van der Waals surface area (Å²) in [6, 6.07) is 3.49. The lowest BCUT2D eigenvalue weighted by Crippen LogP contribution is -2.04. The molecule has 5 heteroatoms. The van der Waals surface area contributed by atoms with Crippen LogP contribution < -0.4 is 9.47 Å². The van der Waals surface area contributed by atoms with Crippen LogP contribution in [0.3, 0.4) is 0 Å². The molecule has 0 atom stereocenters. The van der Waals surface area contributed by atoms with Crippen molar-refractivity contribution in [3.8, 4) is 11.5 Å². The Morgan fingerprint density at radius 3 is 2.20 bits per heavy atom. The molecule has 0 spiro atoms. The van der Waals surface area contributed by atoms with E-state index in [2.05, 4.69) is 0 Å². The normalized spacial score (nSPS) is 10.4. The molecule has 0 N–H and O–H groups in total. The van der Waals surface area contributed by atoms with E-state index in [1.165, 1.54) is 11.3 Å². The standard InChI is InChI=1S/C15H15ClO3S/c1-8-5-11(18-3)12(19-4)6-10(8)14(17)15-13(16)9(2)7-20-15/h5-7H,1-4H3. The maximum absolute atomic E-state index is 12.6. The van der Waals surface area contributed by atoms with Crippen molar-refractivity contribution >= 4 is 28.7 Å². The highest BCUT2D eigenvalue weighted by Gasteiger charge is 2.20. The Bertz CT molecular complexity index is 661. The van der Waals surface area contributed by atoms with E-state index in [1.807, 2.05) is 19.2 Å². The third-order valence-corrected chi connectivity index (χ3v) is 4.78. The minimum atomic E-state index is -0.0912. The number of hydrogen-bond donors (Lipinski definition) is 0. The lowest BCUT2D eigenvalue weighted by atomic mass is 10.0. The topological polar surface area (TPSA) is 35.5 Å². The van der Waals surface area contributed by atoms with Crippen LogP contribution in [0.1, 0.15) is 26.4 Å². The molecule has 2 rings (SSSR count). The van der Waals surface area contributed by atoms with Crippen molar-refractivity contribution in [1.82, 2.24) is 0 Å². The van der Waals surface area contributed by atoms with E-state index in [4.69, 9.17) is 21.1 Å². The molecule has 0 radical (unpaired) electrons. The summed E-state index contributed by atoms with van der Waals surface area (Å²) in [4.78, 5) is 13.2. The van der Waals surface area contributed by atoms with Crippen LogP contribution in [0.5, 0.6) is 11.5 Å². The second kappa shape index (κ2) is 5.85. The summed E-state index contributed by atoms with van der Waals surface area (Å²) in [5.74, 6) is 1.05. The number of carbonyl (C=O) groups is 1. The van der Waals surface area contributed by atoms with Crippen molar-refractivity contribution in [2.45, 2.75) is 13.8 Å². The highest BCUT2D eigenvalue weighted by molar-refractivity contribution is 7.13. The minimum absolute atomic E-state index is 0.0912. The van der Waals surface area contributed by atoms with Crippen LogP contribution in [-0.4, -0.2) is 20.0 Å². The minimum Gasteiger partial charge on any atom is -0.493 e. The summed E-state index contributed by atoms with van der Waals surface area (Å²) >= 11 is 7.53. The van der Waals surface area contributed by atoms with Crippen molar-refractivity contribution in [3.05, 3.63) is 44.1 Å². The first-order valence-electron chi connectivity index (χ1n) is 6.00. The molecule has 0 aliphatic carbocycles. The Balaban J connectivity index is 2.52. The number of ether oxygens (including phenoxy) is 2. The number of methoxy groups -OCH3 is 2. The largest absolute Gasteiger partial charge is 0.493 e. The molecule has 0 fully saturated rings. The molecule has 0 bridgehead atoms. The molecule has 1 aromatic carbocycles. The molecule has 0 unspecified atom stereocenters. The predicted molar refractivity (Wildman–Crippen MR) is 81.8 cm³/mol. The van der Waals surface area contributed by atoms with Crippen LogP contribution in [0.15, 0.2) is 17.5 Å². The lowest BCUT2D eigenvalue weighted by Gasteiger charge is -2.11. The van der Waals surface area contributed by atoms with Crippen molar-refractivity contribution in [2.75, 3.05) is 14.2 Å². The van der Waals surface area contributed by atoms with Gasteiger partial charge in [0.2, 0.25) is 5.78 Å². The van der Waals surface area contributed by atoms with E-state index in [1.54, 1.807) is 26.4 Å². The summed E-state index contributed by atoms with van der Waals surface area (Å²) in [6.45, 7) is 3.75. The average Bonchev–Trinajstić information content (AvgIpc) is 2.78. The van der Waals surface area contributed by atoms with Gasteiger partial charge in [0.1, 0.15) is 0 Å². The lowest BCUT2D eigenvalue weighted by molar-refractivity contribution is 0.104. The summed E-state index contributed by atoms with van der Waals surface area (Å²) in [6.07, 6.45) is 0. The Hall–Kier alpha value is -1.52. The zero-order valence-corrected chi connectivity index (χ0v) is 13.3. The fourth-order valence-corrected chi connectivity index (χ4v) is 3.16. The molecule has 20 heavy (non-hydrogen) atoms. The van der Waals surface area contributed by atoms with Gasteiger partial charge in [0.05, 0.1) is 24.1 Å². The second-order valence-corrected chi connectivity index (χ2v) is 5.67. The monoisotopic (exact) mass is 310 g/mol. The third-order valence-electron chi connectivity index (χ3n) is 3.08. The molecular weight excluding hydrogens is 296 g/mol. The van der Waals surface area contributed by atoms with Crippen molar-refractivity contribution < 1.29 is 14.3 Å². The van der Waals surface area contributed by atoms with Gasteiger partial charge in [0.25, 0.3) is 0 Å². The van der Waals surface area contributed by atoms with Crippen molar-refractivity contribution in [3.63, 3.8) is 0 Å². The summed E-state index contributed by atoms with van der Waals surface area (Å²) < 4.78 is 10.5. The van der Waals surface area contributed by atoms with Crippen molar-refractivity contribution in [1.29, 1.82) is 0 Å². The Labute approximate surface area is 127 Å². The van der Waals surface area contributed by atoms with Gasteiger partial charge in [-0.05, 0) is 42.5 Å². The molecular formula is C15H15ClO3S. The van der Waals surface area contributed by atoms with Crippen LogP contribution >= 0.6 is 22.9 Å². The van der Waals surface area contributed by atoms with Gasteiger partial charge in [-0.2, -0.15) is 0 Å². The zero-order valence-electron chi connectivity index (χ0n) is 11.7. The number of hydrogen-bond acceptors (Lipinski definition) is 4. The van der Waals surface area contributed by atoms with E-state index in [0.29, 0.717) is 27.0 Å². The number of thiophene rings is 1. The molecule has 0 saturated heterocycles. The van der Waals surface area contributed by atoms with E-state index >= 15 is 0 Å². The molecule has 0 aliphatic rings. The van der Waals surface area contributed by atoms with Gasteiger partial charge >= 0.3 is 0 Å². The van der Waals surface area contributed by atoms with Gasteiger partial charge in [-0.1, -0.05) is 11.6 Å². The van der Waals surface area contributed by atoms with Gasteiger partial charge in [-0.15, -0.1) is 11.3 Å². The molecule has 0 saturated carbocycles. The van der Waals surface area contributed by atoms with Crippen LogP contribution in [0.4, 0.5) is 0 Å². The van der Waals surface area contributed by atoms with Crippen LogP contribution in [-0.2, 0) is 0 Å². The average molecular weight is 311 g/mol. The van der Waals surface area contributed by atoms with Gasteiger partial charge in [0, 0.05) is 5.56 Å². The summed E-state index contributed by atoms with van der Waals surface area (Å²) in [5.41, 5.74) is 2.32. The van der Waals surface area contributed by atoms with E-state index in [0.717, 1.165) is 11.1 Å². The Morgan fingerprint density at radius 2 is 1.70 bits per heavy atom. The summed E-state index contributed by atoms with van der Waals surface area (Å²) in [7, 11) is 3.11. The third kappa shape index (κ3) is 2.53. The number of carbonyl (C=O) groups excluding carboxylic acids is 1. The first kappa shape index (κ1) is 14.9. The molecule has 0 aliphatic heterocycles. The quantitative estimate of drug-likeness (QED) is 0.791. The predicted octanol–water partition coefficient (Wildman–Crippen LogP) is 4.27.